The van der Waals surface area contributed by atoms with Gasteiger partial charge in [0.15, 0.2) is 5.13 Å². The molecule has 0 fully saturated rings. The zero-order chi connectivity index (χ0) is 18.2. The summed E-state index contributed by atoms with van der Waals surface area (Å²) < 4.78 is 0. The van der Waals surface area contributed by atoms with Crippen molar-refractivity contribution < 1.29 is 14.4 Å². The quantitative estimate of drug-likeness (QED) is 0.582. The predicted molar refractivity (Wildman–Crippen MR) is 102 cm³/mol. The Balaban J connectivity index is 1.41. The predicted octanol–water partition coefficient (Wildman–Crippen LogP) is 3.18. The van der Waals surface area contributed by atoms with E-state index in [1.807, 2.05) is 47.8 Å². The topological polar surface area (TPSA) is 80.3 Å². The van der Waals surface area contributed by atoms with E-state index in [1.54, 1.807) is 5.38 Å². The molecule has 134 valence electrons. The van der Waals surface area contributed by atoms with Gasteiger partial charge in [0.05, 0.1) is 25.1 Å². The van der Waals surface area contributed by atoms with Gasteiger partial charge < -0.3 is 5.32 Å². The molecule has 0 unspecified atom stereocenters. The minimum absolute atomic E-state index is 0.0894. The van der Waals surface area contributed by atoms with Gasteiger partial charge in [-0.15, -0.1) is 22.7 Å². The van der Waals surface area contributed by atoms with Crippen molar-refractivity contribution >= 4 is 39.6 Å². The lowest BCUT2D eigenvalue weighted by Gasteiger charge is -2.05. The van der Waals surface area contributed by atoms with E-state index in [-0.39, 0.29) is 18.2 Å². The Bertz CT molecular complexity index is 848. The van der Waals surface area contributed by atoms with E-state index in [0.29, 0.717) is 23.9 Å². The SMILES string of the molecule is O=C(Cc1csc(NC(=O)Cc2cccs2)n1)NOCc1ccccc1. The number of hydrogen-bond acceptors (Lipinski definition) is 6. The number of carbonyl (C=O) groups is 2. The summed E-state index contributed by atoms with van der Waals surface area (Å²) in [6, 6.07) is 13.4. The van der Waals surface area contributed by atoms with E-state index in [9.17, 15) is 9.59 Å². The van der Waals surface area contributed by atoms with Crippen LogP contribution >= 0.6 is 22.7 Å². The largest absolute Gasteiger partial charge is 0.302 e. The van der Waals surface area contributed by atoms with Gasteiger partial charge in [-0.25, -0.2) is 10.5 Å². The van der Waals surface area contributed by atoms with Crippen LogP contribution in [0.3, 0.4) is 0 Å². The third-order valence-corrected chi connectivity index (χ3v) is 5.01. The molecule has 2 amide bonds. The van der Waals surface area contributed by atoms with Gasteiger partial charge in [0.25, 0.3) is 0 Å². The van der Waals surface area contributed by atoms with Crippen LogP contribution in [0.5, 0.6) is 0 Å². The number of hydroxylamine groups is 1. The minimum Gasteiger partial charge on any atom is -0.302 e. The molecule has 26 heavy (non-hydrogen) atoms. The highest BCUT2D eigenvalue weighted by Gasteiger charge is 2.11. The molecule has 0 spiro atoms. The fourth-order valence-electron chi connectivity index (χ4n) is 2.16. The first kappa shape index (κ1) is 18.2. The van der Waals surface area contributed by atoms with Crippen molar-refractivity contribution in [2.24, 2.45) is 0 Å². The molecule has 3 rings (SSSR count). The summed E-state index contributed by atoms with van der Waals surface area (Å²) >= 11 is 2.83. The first-order chi connectivity index (χ1) is 12.7. The molecule has 0 atom stereocenters. The number of nitrogens with one attached hydrogen (secondary N) is 2. The number of amides is 2. The molecule has 0 bridgehead atoms. The highest BCUT2D eigenvalue weighted by molar-refractivity contribution is 7.14. The number of aromatic nitrogens is 1. The monoisotopic (exact) mass is 387 g/mol. The van der Waals surface area contributed by atoms with Crippen LogP contribution in [0.15, 0.2) is 53.2 Å². The van der Waals surface area contributed by atoms with Crippen LogP contribution in [0.25, 0.3) is 0 Å². The fourth-order valence-corrected chi connectivity index (χ4v) is 3.59. The summed E-state index contributed by atoms with van der Waals surface area (Å²) in [4.78, 5) is 34.3. The molecule has 3 aromatic rings. The maximum atomic E-state index is 12.0. The zero-order valence-electron chi connectivity index (χ0n) is 13.8. The lowest BCUT2D eigenvalue weighted by Crippen LogP contribution is -2.25. The normalized spacial score (nSPS) is 10.5. The van der Waals surface area contributed by atoms with E-state index < -0.39 is 0 Å². The number of rotatable bonds is 8. The Morgan fingerprint density at radius 2 is 1.85 bits per heavy atom. The van der Waals surface area contributed by atoms with Crippen molar-refractivity contribution in [2.75, 3.05) is 5.32 Å². The zero-order valence-corrected chi connectivity index (χ0v) is 15.4. The van der Waals surface area contributed by atoms with Crippen molar-refractivity contribution in [1.82, 2.24) is 10.5 Å². The summed E-state index contributed by atoms with van der Waals surface area (Å²) in [6.07, 6.45) is 0.409. The summed E-state index contributed by atoms with van der Waals surface area (Å²) in [6.45, 7) is 0.299. The number of hydrogen-bond donors (Lipinski definition) is 2. The molecule has 0 saturated carbocycles. The van der Waals surface area contributed by atoms with Crippen molar-refractivity contribution in [2.45, 2.75) is 19.4 Å². The molecular weight excluding hydrogens is 370 g/mol. The number of anilines is 1. The lowest BCUT2D eigenvalue weighted by atomic mass is 10.2. The van der Waals surface area contributed by atoms with Crippen molar-refractivity contribution in [3.63, 3.8) is 0 Å². The molecule has 0 aliphatic rings. The van der Waals surface area contributed by atoms with Crippen molar-refractivity contribution in [3.8, 4) is 0 Å². The highest BCUT2D eigenvalue weighted by Crippen LogP contribution is 2.17. The Morgan fingerprint density at radius 1 is 1.00 bits per heavy atom. The number of thiazole rings is 1. The third kappa shape index (κ3) is 5.76. The number of carbonyl (C=O) groups excluding carboxylic acids is 2. The second kappa shape index (κ2) is 9.23. The van der Waals surface area contributed by atoms with E-state index in [2.05, 4.69) is 15.8 Å². The maximum Gasteiger partial charge on any atom is 0.249 e. The molecule has 8 heteroatoms. The van der Waals surface area contributed by atoms with Crippen LogP contribution in [0.1, 0.15) is 16.1 Å². The summed E-state index contributed by atoms with van der Waals surface area (Å²) in [5.41, 5.74) is 3.95. The second-order valence-electron chi connectivity index (χ2n) is 5.42. The Hall–Kier alpha value is -2.55. The molecule has 2 aromatic heterocycles. The van der Waals surface area contributed by atoms with Crippen molar-refractivity contribution in [1.29, 1.82) is 0 Å². The average Bonchev–Trinajstić information content (AvgIpc) is 3.28. The maximum absolute atomic E-state index is 12.0. The lowest BCUT2D eigenvalue weighted by molar-refractivity contribution is -0.133. The standard InChI is InChI=1S/C18H17N3O3S2/c22-16(10-15-7-4-8-25-15)20-18-19-14(12-26-18)9-17(23)21-24-11-13-5-2-1-3-6-13/h1-8,12H,9-11H2,(H,21,23)(H,19,20,22). The summed E-state index contributed by atoms with van der Waals surface area (Å²) in [5.74, 6) is -0.410. The van der Waals surface area contributed by atoms with Crippen LogP contribution < -0.4 is 10.8 Å². The molecule has 0 aliphatic heterocycles. The molecule has 0 aliphatic carbocycles. The molecule has 0 radical (unpaired) electrons. The van der Waals surface area contributed by atoms with Gasteiger partial charge >= 0.3 is 0 Å². The van der Waals surface area contributed by atoms with Gasteiger partial charge in [0.2, 0.25) is 11.8 Å². The van der Waals surface area contributed by atoms with Crippen molar-refractivity contribution in [3.05, 3.63) is 69.4 Å². The van der Waals surface area contributed by atoms with Gasteiger partial charge in [-0.1, -0.05) is 36.4 Å². The molecule has 1 aromatic carbocycles. The smallest absolute Gasteiger partial charge is 0.249 e. The van der Waals surface area contributed by atoms with Crippen LogP contribution in [0, 0.1) is 0 Å². The van der Waals surface area contributed by atoms with Gasteiger partial charge in [0.1, 0.15) is 0 Å². The second-order valence-corrected chi connectivity index (χ2v) is 7.31. The number of nitrogens with zero attached hydrogens (tertiary/aromatic N) is 1. The molecule has 0 saturated heterocycles. The van der Waals surface area contributed by atoms with E-state index in [0.717, 1.165) is 10.4 Å². The van der Waals surface area contributed by atoms with Crippen LogP contribution in [0.4, 0.5) is 5.13 Å². The third-order valence-electron chi connectivity index (χ3n) is 3.32. The Kier molecular flexibility index (Phi) is 6.48. The minimum atomic E-state index is -0.289. The van der Waals surface area contributed by atoms with Crippen LogP contribution in [-0.2, 0) is 33.9 Å². The number of thiophene rings is 1. The Labute approximate surface area is 158 Å². The van der Waals surface area contributed by atoms with E-state index >= 15 is 0 Å². The van der Waals surface area contributed by atoms with E-state index in [1.165, 1.54) is 22.7 Å². The molecule has 2 heterocycles. The first-order valence-electron chi connectivity index (χ1n) is 7.90. The highest BCUT2D eigenvalue weighted by atomic mass is 32.1. The van der Waals surface area contributed by atoms with Gasteiger partial charge in [-0.2, -0.15) is 0 Å². The summed E-state index contributed by atoms with van der Waals surface area (Å²) in [7, 11) is 0. The Morgan fingerprint density at radius 3 is 2.62 bits per heavy atom. The summed E-state index contributed by atoms with van der Waals surface area (Å²) in [5, 5.41) is 6.92. The van der Waals surface area contributed by atoms with Crippen LogP contribution in [0.2, 0.25) is 0 Å². The van der Waals surface area contributed by atoms with Crippen LogP contribution in [-0.4, -0.2) is 16.8 Å². The molecule has 6 nitrogen and oxygen atoms in total. The number of benzene rings is 1. The van der Waals surface area contributed by atoms with Gasteiger partial charge in [-0.05, 0) is 17.0 Å². The van der Waals surface area contributed by atoms with Gasteiger partial charge in [-0.3, -0.25) is 14.4 Å². The van der Waals surface area contributed by atoms with Gasteiger partial charge in [0, 0.05) is 10.3 Å². The molecule has 2 N–H and O–H groups in total. The molecular formula is C18H17N3O3S2. The fraction of sp³-hybridized carbons (Fsp3) is 0.167. The van der Waals surface area contributed by atoms with E-state index in [4.69, 9.17) is 4.84 Å². The average molecular weight is 387 g/mol. The first-order valence-corrected chi connectivity index (χ1v) is 9.66.